The first-order valence-corrected chi connectivity index (χ1v) is 7.56. The van der Waals surface area contributed by atoms with E-state index in [9.17, 15) is 0 Å². The maximum atomic E-state index is 6.26. The van der Waals surface area contributed by atoms with E-state index in [1.807, 2.05) is 11.6 Å². The van der Waals surface area contributed by atoms with Crippen molar-refractivity contribution in [2.24, 2.45) is 5.73 Å². The highest BCUT2D eigenvalue weighted by Gasteiger charge is 2.30. The number of aryl methyl sites for hydroxylation is 2. The first-order chi connectivity index (χ1) is 9.19. The van der Waals surface area contributed by atoms with E-state index in [2.05, 4.69) is 18.1 Å². The molecule has 0 bridgehead atoms. The summed E-state index contributed by atoms with van der Waals surface area (Å²) in [7, 11) is 0. The van der Waals surface area contributed by atoms with E-state index in [1.165, 1.54) is 25.7 Å². The monoisotopic (exact) mass is 265 g/mol. The van der Waals surface area contributed by atoms with Gasteiger partial charge in [-0.05, 0) is 32.8 Å². The molecule has 4 heteroatoms. The standard InChI is InChI=1S/C15H27N3O/c1-3-18-14(10-13(2)17-18)11-19-15(12-16)8-6-4-5-7-9-15/h10H,3-9,11-12,16H2,1-2H3. The lowest BCUT2D eigenvalue weighted by Gasteiger charge is -2.31. The highest BCUT2D eigenvalue weighted by molar-refractivity contribution is 5.08. The van der Waals surface area contributed by atoms with Gasteiger partial charge in [0.1, 0.15) is 0 Å². The van der Waals surface area contributed by atoms with Crippen LogP contribution in [0.15, 0.2) is 6.07 Å². The summed E-state index contributed by atoms with van der Waals surface area (Å²) in [5, 5.41) is 4.47. The fraction of sp³-hybridized carbons (Fsp3) is 0.800. The average molecular weight is 265 g/mol. The number of hydrogen-bond acceptors (Lipinski definition) is 3. The fourth-order valence-corrected chi connectivity index (χ4v) is 3.00. The molecule has 1 aromatic rings. The van der Waals surface area contributed by atoms with E-state index in [4.69, 9.17) is 10.5 Å². The second-order valence-electron chi connectivity index (χ2n) is 5.68. The van der Waals surface area contributed by atoms with Crippen molar-refractivity contribution in [1.82, 2.24) is 9.78 Å². The van der Waals surface area contributed by atoms with E-state index in [0.717, 1.165) is 30.8 Å². The van der Waals surface area contributed by atoms with E-state index < -0.39 is 0 Å². The summed E-state index contributed by atoms with van der Waals surface area (Å²) >= 11 is 0. The Balaban J connectivity index is 2.02. The third kappa shape index (κ3) is 3.57. The summed E-state index contributed by atoms with van der Waals surface area (Å²) in [5.41, 5.74) is 8.12. The third-order valence-electron chi connectivity index (χ3n) is 4.20. The van der Waals surface area contributed by atoms with Crippen molar-refractivity contribution in [3.05, 3.63) is 17.5 Å². The summed E-state index contributed by atoms with van der Waals surface area (Å²) in [6.07, 6.45) is 7.31. The Morgan fingerprint density at radius 1 is 1.32 bits per heavy atom. The minimum atomic E-state index is -0.104. The van der Waals surface area contributed by atoms with Gasteiger partial charge in [-0.2, -0.15) is 5.10 Å². The highest BCUT2D eigenvalue weighted by Crippen LogP contribution is 2.30. The fourth-order valence-electron chi connectivity index (χ4n) is 3.00. The van der Waals surface area contributed by atoms with E-state index >= 15 is 0 Å². The van der Waals surface area contributed by atoms with Crippen molar-refractivity contribution >= 4 is 0 Å². The Labute approximate surface area is 116 Å². The quantitative estimate of drug-likeness (QED) is 0.833. The number of nitrogens with two attached hydrogens (primary N) is 1. The van der Waals surface area contributed by atoms with Gasteiger partial charge >= 0.3 is 0 Å². The molecule has 2 rings (SSSR count). The van der Waals surface area contributed by atoms with Gasteiger partial charge < -0.3 is 10.5 Å². The van der Waals surface area contributed by atoms with Crippen LogP contribution >= 0.6 is 0 Å². The van der Waals surface area contributed by atoms with Crippen molar-refractivity contribution < 1.29 is 4.74 Å². The van der Waals surface area contributed by atoms with Crippen molar-refractivity contribution in [3.63, 3.8) is 0 Å². The van der Waals surface area contributed by atoms with Crippen LogP contribution in [0.25, 0.3) is 0 Å². The number of hydrogen-bond donors (Lipinski definition) is 1. The maximum Gasteiger partial charge on any atom is 0.0893 e. The normalized spacial score (nSPS) is 19.3. The first kappa shape index (κ1) is 14.5. The van der Waals surface area contributed by atoms with Crippen LogP contribution in [0.4, 0.5) is 0 Å². The average Bonchev–Trinajstić information content (AvgIpc) is 2.64. The van der Waals surface area contributed by atoms with Crippen molar-refractivity contribution in [2.75, 3.05) is 6.54 Å². The number of nitrogens with zero attached hydrogens (tertiary/aromatic N) is 2. The molecule has 1 aliphatic rings. The number of ether oxygens (including phenoxy) is 1. The molecule has 19 heavy (non-hydrogen) atoms. The molecule has 4 nitrogen and oxygen atoms in total. The minimum absolute atomic E-state index is 0.104. The molecule has 1 saturated carbocycles. The molecule has 0 atom stereocenters. The molecule has 0 spiro atoms. The van der Waals surface area contributed by atoms with Gasteiger partial charge in [-0.3, -0.25) is 4.68 Å². The third-order valence-corrected chi connectivity index (χ3v) is 4.20. The molecule has 2 N–H and O–H groups in total. The zero-order valence-corrected chi connectivity index (χ0v) is 12.3. The van der Waals surface area contributed by atoms with Gasteiger partial charge in [0.15, 0.2) is 0 Å². The maximum absolute atomic E-state index is 6.26. The van der Waals surface area contributed by atoms with Crippen LogP contribution in [-0.2, 0) is 17.9 Å². The first-order valence-electron chi connectivity index (χ1n) is 7.56. The van der Waals surface area contributed by atoms with Gasteiger partial charge in [0.05, 0.1) is 23.6 Å². The van der Waals surface area contributed by atoms with Crippen LogP contribution in [0.2, 0.25) is 0 Å². The smallest absolute Gasteiger partial charge is 0.0893 e. The van der Waals surface area contributed by atoms with Gasteiger partial charge in [0, 0.05) is 13.1 Å². The molecule has 1 aliphatic carbocycles. The van der Waals surface area contributed by atoms with Crippen LogP contribution in [0.5, 0.6) is 0 Å². The molecule has 0 saturated heterocycles. The molecule has 0 aliphatic heterocycles. The lowest BCUT2D eigenvalue weighted by Crippen LogP contribution is -2.40. The van der Waals surface area contributed by atoms with Crippen LogP contribution in [0.3, 0.4) is 0 Å². The van der Waals surface area contributed by atoms with Gasteiger partial charge in [-0.1, -0.05) is 25.7 Å². The van der Waals surface area contributed by atoms with Crippen molar-refractivity contribution in [3.8, 4) is 0 Å². The molecule has 1 heterocycles. The summed E-state index contributed by atoms with van der Waals surface area (Å²) < 4.78 is 8.28. The molecule has 108 valence electrons. The summed E-state index contributed by atoms with van der Waals surface area (Å²) in [6.45, 7) is 6.29. The lowest BCUT2D eigenvalue weighted by molar-refractivity contribution is -0.0625. The van der Waals surface area contributed by atoms with Crippen LogP contribution in [-0.4, -0.2) is 21.9 Å². The topological polar surface area (TPSA) is 53.1 Å². The predicted molar refractivity (Wildman–Crippen MR) is 76.9 cm³/mol. The number of aromatic nitrogens is 2. The highest BCUT2D eigenvalue weighted by atomic mass is 16.5. The summed E-state index contributed by atoms with van der Waals surface area (Å²) in [6, 6.07) is 2.12. The van der Waals surface area contributed by atoms with Crippen molar-refractivity contribution in [2.45, 2.75) is 71.1 Å². The van der Waals surface area contributed by atoms with Crippen molar-refractivity contribution in [1.29, 1.82) is 0 Å². The second kappa shape index (κ2) is 6.53. The van der Waals surface area contributed by atoms with Gasteiger partial charge in [0.2, 0.25) is 0 Å². The Morgan fingerprint density at radius 2 is 2.00 bits per heavy atom. The number of rotatable bonds is 5. The molecule has 1 fully saturated rings. The van der Waals surface area contributed by atoms with E-state index in [0.29, 0.717) is 13.2 Å². The summed E-state index contributed by atoms with van der Waals surface area (Å²) in [5.74, 6) is 0. The zero-order chi connectivity index (χ0) is 13.7. The molecule has 0 unspecified atom stereocenters. The molecular formula is C15H27N3O. The second-order valence-corrected chi connectivity index (χ2v) is 5.68. The Bertz CT molecular complexity index is 392. The molecule has 0 radical (unpaired) electrons. The Kier molecular flexibility index (Phi) is 4.99. The van der Waals surface area contributed by atoms with E-state index in [1.54, 1.807) is 0 Å². The Hall–Kier alpha value is -0.870. The van der Waals surface area contributed by atoms with Crippen LogP contribution in [0.1, 0.15) is 56.8 Å². The zero-order valence-electron chi connectivity index (χ0n) is 12.3. The molecule has 1 aromatic heterocycles. The van der Waals surface area contributed by atoms with Gasteiger partial charge in [-0.15, -0.1) is 0 Å². The van der Waals surface area contributed by atoms with Gasteiger partial charge in [0.25, 0.3) is 0 Å². The largest absolute Gasteiger partial charge is 0.367 e. The minimum Gasteiger partial charge on any atom is -0.367 e. The summed E-state index contributed by atoms with van der Waals surface area (Å²) in [4.78, 5) is 0. The molecular weight excluding hydrogens is 238 g/mol. The molecule has 0 amide bonds. The lowest BCUT2D eigenvalue weighted by atomic mass is 9.94. The van der Waals surface area contributed by atoms with E-state index in [-0.39, 0.29) is 5.60 Å². The van der Waals surface area contributed by atoms with Crippen LogP contribution in [0, 0.1) is 6.92 Å². The SMILES string of the molecule is CCn1nc(C)cc1COC1(CN)CCCCCC1. The molecule has 0 aromatic carbocycles. The Morgan fingerprint density at radius 3 is 2.58 bits per heavy atom. The van der Waals surface area contributed by atoms with Gasteiger partial charge in [-0.25, -0.2) is 0 Å². The predicted octanol–water partition coefficient (Wildman–Crippen LogP) is 2.78. The van der Waals surface area contributed by atoms with Crippen LogP contribution < -0.4 is 5.73 Å².